The maximum Gasteiger partial charge on any atom is 0.279 e. The highest BCUT2D eigenvalue weighted by molar-refractivity contribution is 7.99. The lowest BCUT2D eigenvalue weighted by Crippen LogP contribution is -2.22. The second-order valence-electron chi connectivity index (χ2n) is 7.71. The topological polar surface area (TPSA) is 94.1 Å². The van der Waals surface area contributed by atoms with E-state index in [9.17, 15) is 0 Å². The lowest BCUT2D eigenvalue weighted by Gasteiger charge is -2.28. The van der Waals surface area contributed by atoms with Crippen LogP contribution < -0.4 is 10.5 Å². The summed E-state index contributed by atoms with van der Waals surface area (Å²) in [6.45, 7) is 4.70. The number of rotatable bonds is 7. The molecule has 3 heterocycles. The zero-order valence-electron chi connectivity index (χ0n) is 17.7. The zero-order valence-corrected chi connectivity index (χ0v) is 18.5. The van der Waals surface area contributed by atoms with Crippen LogP contribution in [0.2, 0.25) is 0 Å². The van der Waals surface area contributed by atoms with Gasteiger partial charge in [-0.15, -0.1) is 11.8 Å². The van der Waals surface area contributed by atoms with Gasteiger partial charge in [0.25, 0.3) is 6.02 Å². The number of benzene rings is 1. The number of aromatic nitrogens is 2. The number of ether oxygens (including phenoxy) is 2. The molecule has 1 aliphatic heterocycles. The van der Waals surface area contributed by atoms with Crippen molar-refractivity contribution >= 4 is 17.8 Å². The molecule has 0 bridgehead atoms. The van der Waals surface area contributed by atoms with Crippen LogP contribution in [0.1, 0.15) is 37.3 Å². The molecule has 3 aromatic rings. The molecular weight excluding hydrogens is 408 g/mol. The summed E-state index contributed by atoms with van der Waals surface area (Å²) in [6, 6.07) is 11.8. The Bertz CT molecular complexity index is 1070. The van der Waals surface area contributed by atoms with Gasteiger partial charge in [-0.05, 0) is 35.7 Å². The van der Waals surface area contributed by atoms with Crippen LogP contribution in [0.4, 0.5) is 0 Å². The maximum atomic E-state index is 7.53. The predicted octanol–water partition coefficient (Wildman–Crippen LogP) is 5.43. The molecule has 0 spiro atoms. The van der Waals surface area contributed by atoms with Gasteiger partial charge in [0.15, 0.2) is 0 Å². The minimum atomic E-state index is -0.298. The number of hydrogen-bond acceptors (Lipinski definition) is 6. The van der Waals surface area contributed by atoms with Crippen LogP contribution in [0.25, 0.3) is 11.1 Å². The van der Waals surface area contributed by atoms with E-state index in [1.165, 1.54) is 0 Å². The van der Waals surface area contributed by atoms with E-state index in [1.807, 2.05) is 36.7 Å². The van der Waals surface area contributed by atoms with Crippen molar-refractivity contribution in [1.29, 1.82) is 5.41 Å². The number of nitrogens with one attached hydrogen (secondary N) is 1. The summed E-state index contributed by atoms with van der Waals surface area (Å²) >= 11 is 1.80. The van der Waals surface area contributed by atoms with Crippen molar-refractivity contribution in [1.82, 2.24) is 9.97 Å². The first kappa shape index (κ1) is 21.2. The van der Waals surface area contributed by atoms with Gasteiger partial charge in [-0.1, -0.05) is 32.4 Å². The molecule has 4 rings (SSSR count). The van der Waals surface area contributed by atoms with Gasteiger partial charge in [-0.2, -0.15) is 0 Å². The Morgan fingerprint density at radius 1 is 1.23 bits per heavy atom. The van der Waals surface area contributed by atoms with Crippen LogP contribution in [0.3, 0.4) is 0 Å². The zero-order chi connectivity index (χ0) is 21.8. The Labute approximate surface area is 186 Å². The van der Waals surface area contributed by atoms with Crippen molar-refractivity contribution < 1.29 is 9.47 Å². The molecule has 0 aliphatic carbocycles. The number of pyridine rings is 2. The Balaban J connectivity index is 1.71. The molecule has 3 N–H and O–H groups in total. The highest BCUT2D eigenvalue weighted by Crippen LogP contribution is 2.45. The highest BCUT2D eigenvalue weighted by atomic mass is 32.2. The Morgan fingerprint density at radius 2 is 2.10 bits per heavy atom. The van der Waals surface area contributed by atoms with E-state index >= 15 is 0 Å². The molecule has 2 atom stereocenters. The largest absolute Gasteiger partial charge is 0.465 e. The van der Waals surface area contributed by atoms with Crippen molar-refractivity contribution in [3.05, 3.63) is 66.1 Å². The highest BCUT2D eigenvalue weighted by Gasteiger charge is 2.30. The van der Waals surface area contributed by atoms with E-state index in [-0.39, 0.29) is 18.5 Å². The molecule has 0 saturated carbocycles. The third kappa shape index (κ3) is 4.82. The number of amidine groups is 1. The van der Waals surface area contributed by atoms with Gasteiger partial charge in [0.1, 0.15) is 12.4 Å². The first-order valence-corrected chi connectivity index (χ1v) is 11.4. The summed E-state index contributed by atoms with van der Waals surface area (Å²) in [4.78, 5) is 9.91. The Kier molecular flexibility index (Phi) is 6.42. The molecule has 0 fully saturated rings. The summed E-state index contributed by atoms with van der Waals surface area (Å²) in [6.07, 6.45) is 6.61. The van der Waals surface area contributed by atoms with Gasteiger partial charge >= 0.3 is 0 Å². The molecule has 2 unspecified atom stereocenters. The van der Waals surface area contributed by atoms with Crippen LogP contribution in [0, 0.1) is 11.3 Å². The summed E-state index contributed by atoms with van der Waals surface area (Å²) < 4.78 is 11.6. The number of hydrogen-bond donors (Lipinski definition) is 2. The van der Waals surface area contributed by atoms with Crippen molar-refractivity contribution in [3.8, 4) is 22.8 Å². The molecule has 7 heteroatoms. The normalized spacial score (nSPS) is 15.4. The fraction of sp³-hybridized carbons (Fsp3) is 0.292. The smallest absolute Gasteiger partial charge is 0.279 e. The molecule has 0 saturated heterocycles. The lowest BCUT2D eigenvalue weighted by molar-refractivity contribution is 0.273. The van der Waals surface area contributed by atoms with Gasteiger partial charge < -0.3 is 15.2 Å². The molecule has 6 nitrogen and oxygen atoms in total. The number of nitrogens with two attached hydrogens (primary N) is 1. The summed E-state index contributed by atoms with van der Waals surface area (Å²) in [5.41, 5.74) is 9.51. The Hall–Kier alpha value is -3.06. The summed E-state index contributed by atoms with van der Waals surface area (Å²) in [5, 5.41) is 7.53. The molecule has 1 aliphatic rings. The third-order valence-electron chi connectivity index (χ3n) is 5.45. The molecule has 0 radical (unpaired) electrons. The van der Waals surface area contributed by atoms with Crippen molar-refractivity contribution in [2.24, 2.45) is 11.7 Å². The van der Waals surface area contributed by atoms with Crippen LogP contribution in [-0.2, 0) is 4.74 Å². The number of fused-ring (bicyclic) bond motifs is 2. The van der Waals surface area contributed by atoms with Crippen LogP contribution in [0.15, 0.2) is 59.9 Å². The monoisotopic (exact) mass is 434 g/mol. The van der Waals surface area contributed by atoms with E-state index in [4.69, 9.17) is 20.6 Å². The van der Waals surface area contributed by atoms with E-state index in [0.717, 1.165) is 45.1 Å². The first-order chi connectivity index (χ1) is 15.0. The number of nitrogens with zero attached hydrogens (tertiary/aromatic N) is 2. The van der Waals surface area contributed by atoms with Gasteiger partial charge in [0.2, 0.25) is 5.88 Å². The van der Waals surface area contributed by atoms with E-state index in [1.54, 1.807) is 18.0 Å². The molecule has 0 amide bonds. The van der Waals surface area contributed by atoms with Gasteiger partial charge in [0, 0.05) is 45.9 Å². The van der Waals surface area contributed by atoms with E-state index in [2.05, 4.69) is 35.9 Å². The molecular formula is C24H26N4O2S. The summed E-state index contributed by atoms with van der Waals surface area (Å²) in [7, 11) is 0. The lowest BCUT2D eigenvalue weighted by atomic mass is 9.88. The summed E-state index contributed by atoms with van der Waals surface area (Å²) in [5.74, 6) is 2.85. The average Bonchev–Trinajstić information content (AvgIpc) is 2.80. The number of thioether (sulfide) groups is 1. The minimum Gasteiger partial charge on any atom is -0.465 e. The molecule has 31 heavy (non-hydrogen) atoms. The molecule has 160 valence electrons. The SMILES string of the molecule is CCC(C)CSc1cnc2c(c1)C(COC(=N)N)c1cc(-c3cccnc3)ccc1O2. The van der Waals surface area contributed by atoms with Crippen LogP contribution >= 0.6 is 11.8 Å². The minimum absolute atomic E-state index is 0.143. The standard InChI is InChI=1S/C24H26N4O2S/c1-3-15(2)14-31-18-10-20-21(13-29-24(25)26)19-9-16(17-5-4-8-27-11-17)6-7-22(19)30-23(20)28-12-18/h4-12,15,21H,3,13-14H2,1-2H3,(H3,25,26). The van der Waals surface area contributed by atoms with Crippen LogP contribution in [0.5, 0.6) is 11.6 Å². The maximum absolute atomic E-state index is 7.53. The second kappa shape index (κ2) is 9.39. The Morgan fingerprint density at radius 3 is 2.84 bits per heavy atom. The average molecular weight is 435 g/mol. The quantitative estimate of drug-likeness (QED) is 0.293. The third-order valence-corrected chi connectivity index (χ3v) is 6.75. The second-order valence-corrected chi connectivity index (χ2v) is 8.81. The predicted molar refractivity (Wildman–Crippen MR) is 124 cm³/mol. The van der Waals surface area contributed by atoms with Gasteiger partial charge in [-0.25, -0.2) is 4.98 Å². The van der Waals surface area contributed by atoms with Crippen molar-refractivity contribution in [2.45, 2.75) is 31.1 Å². The first-order valence-electron chi connectivity index (χ1n) is 10.4. The fourth-order valence-corrected chi connectivity index (χ4v) is 4.52. The molecule has 1 aromatic carbocycles. The molecule has 2 aromatic heterocycles. The van der Waals surface area contributed by atoms with Crippen molar-refractivity contribution in [3.63, 3.8) is 0 Å². The van der Waals surface area contributed by atoms with Crippen molar-refractivity contribution in [2.75, 3.05) is 12.4 Å². The van der Waals surface area contributed by atoms with Crippen LogP contribution in [-0.4, -0.2) is 28.3 Å². The van der Waals surface area contributed by atoms with E-state index < -0.39 is 0 Å². The van der Waals surface area contributed by atoms with Gasteiger partial charge in [-0.3, -0.25) is 10.4 Å². The van der Waals surface area contributed by atoms with E-state index in [0.29, 0.717) is 11.8 Å². The fourth-order valence-electron chi connectivity index (χ4n) is 3.47. The van der Waals surface area contributed by atoms with Gasteiger partial charge in [0.05, 0.1) is 5.92 Å².